The molecule has 124 valence electrons. The molecule has 3 rings (SSSR count). The summed E-state index contributed by atoms with van der Waals surface area (Å²) in [6, 6.07) is 16.6. The zero-order chi connectivity index (χ0) is 15.4. The molecule has 23 heavy (non-hydrogen) atoms. The summed E-state index contributed by atoms with van der Waals surface area (Å²) in [6.07, 6.45) is 0. The number of aryl methyl sites for hydroxylation is 2. The summed E-state index contributed by atoms with van der Waals surface area (Å²) in [7, 11) is 0. The van der Waals surface area contributed by atoms with E-state index >= 15 is 0 Å². The predicted octanol–water partition coefficient (Wildman–Crippen LogP) is 5.52. The SMILES string of the molecule is C.CC.Cc1cc(-c2ccc3ccccc3[o+]2)cc(C)c1C.[BH4-]. The molecule has 0 aliphatic heterocycles. The predicted molar refractivity (Wildman–Crippen MR) is 110 cm³/mol. The molecule has 0 atom stereocenters. The quantitative estimate of drug-likeness (QED) is 0.425. The number of hydrogen-bond donors (Lipinski definition) is 0. The van der Waals surface area contributed by atoms with Gasteiger partial charge in [0.05, 0.1) is 10.9 Å². The van der Waals surface area contributed by atoms with Crippen LogP contribution >= 0.6 is 0 Å². The van der Waals surface area contributed by atoms with Crippen molar-refractivity contribution in [1.29, 1.82) is 0 Å². The first-order valence-electron chi connectivity index (χ1n) is 7.55. The van der Waals surface area contributed by atoms with Gasteiger partial charge in [-0.2, -0.15) is 0 Å². The lowest BCUT2D eigenvalue weighted by Crippen LogP contribution is -1.88. The van der Waals surface area contributed by atoms with E-state index in [0.717, 1.165) is 22.3 Å². The van der Waals surface area contributed by atoms with Crippen molar-refractivity contribution < 1.29 is 4.42 Å². The third-order valence-corrected chi connectivity index (χ3v) is 3.76. The molecule has 0 aliphatic rings. The van der Waals surface area contributed by atoms with Gasteiger partial charge >= 0.3 is 11.3 Å². The van der Waals surface area contributed by atoms with Crippen LogP contribution < -0.4 is 0 Å². The van der Waals surface area contributed by atoms with E-state index in [2.05, 4.69) is 45.0 Å². The molecular weight excluding hydrogens is 279 g/mol. The van der Waals surface area contributed by atoms with Gasteiger partial charge in [-0.3, -0.25) is 0 Å². The Hall–Kier alpha value is -2.09. The fraction of sp³-hybridized carbons (Fsp3) is 0.286. The number of fused-ring (bicyclic) bond motifs is 1. The van der Waals surface area contributed by atoms with Gasteiger partial charge in [0, 0.05) is 12.1 Å². The van der Waals surface area contributed by atoms with Gasteiger partial charge in [-0.05, 0) is 61.7 Å². The second kappa shape index (κ2) is 9.14. The lowest BCUT2D eigenvalue weighted by molar-refractivity contribution is 0.620. The summed E-state index contributed by atoms with van der Waals surface area (Å²) < 4.78 is 6.00. The standard InChI is InChI=1S/C18H17O.C2H6.CH4.BH4/c1-12-10-16(11-13(2)14(12)3)18-9-8-15-6-4-5-7-17(15)19-18;1-2;;/h4-11H,1-3H3;1-2H3;2*1H4/q+1;;;-1. The highest BCUT2D eigenvalue weighted by molar-refractivity contribution is 5.78. The Bertz CT molecular complexity index is 740. The van der Waals surface area contributed by atoms with Gasteiger partial charge in [-0.1, -0.05) is 41.8 Å². The Morgan fingerprint density at radius 3 is 1.96 bits per heavy atom. The largest absolute Gasteiger partial charge is 0.360 e. The lowest BCUT2D eigenvalue weighted by Gasteiger charge is -2.05. The number of benzene rings is 2. The first kappa shape index (κ1) is 20.9. The summed E-state index contributed by atoms with van der Waals surface area (Å²) in [5, 5.41) is 1.13. The Morgan fingerprint density at radius 1 is 0.783 bits per heavy atom. The molecule has 0 unspecified atom stereocenters. The molecule has 1 heterocycles. The van der Waals surface area contributed by atoms with Gasteiger partial charge in [0.2, 0.25) is 0 Å². The molecule has 2 heteroatoms. The van der Waals surface area contributed by atoms with Crippen LogP contribution in [0, 0.1) is 20.8 Å². The first-order chi connectivity index (χ1) is 10.1. The zero-order valence-corrected chi connectivity index (χ0v) is 13.5. The van der Waals surface area contributed by atoms with Crippen LogP contribution in [0.4, 0.5) is 0 Å². The highest BCUT2D eigenvalue weighted by Gasteiger charge is 2.15. The van der Waals surface area contributed by atoms with E-state index in [9.17, 15) is 0 Å². The highest BCUT2D eigenvalue weighted by atomic mass is 16.3. The van der Waals surface area contributed by atoms with Gasteiger partial charge in [-0.15, -0.1) is 0 Å². The lowest BCUT2D eigenvalue weighted by atomic mass is 9.99. The number of rotatable bonds is 1. The molecule has 0 radical (unpaired) electrons. The maximum absolute atomic E-state index is 6.00. The van der Waals surface area contributed by atoms with Crippen LogP contribution in [0.2, 0.25) is 0 Å². The molecule has 0 N–H and O–H groups in total. The molecule has 0 bridgehead atoms. The van der Waals surface area contributed by atoms with Crippen molar-refractivity contribution in [1.82, 2.24) is 0 Å². The Kier molecular flexibility index (Phi) is 8.31. The van der Waals surface area contributed by atoms with Crippen LogP contribution in [-0.4, -0.2) is 8.41 Å². The zero-order valence-electron chi connectivity index (χ0n) is 13.5. The Morgan fingerprint density at radius 2 is 1.35 bits per heavy atom. The van der Waals surface area contributed by atoms with Crippen LogP contribution in [0.25, 0.3) is 22.3 Å². The summed E-state index contributed by atoms with van der Waals surface area (Å²) in [4.78, 5) is 0. The normalized spacial score (nSPS) is 9.26. The van der Waals surface area contributed by atoms with Crippen molar-refractivity contribution >= 4 is 19.4 Å². The summed E-state index contributed by atoms with van der Waals surface area (Å²) in [6.45, 7) is 10.5. The Balaban J connectivity index is 0.00000117. The fourth-order valence-corrected chi connectivity index (χ4v) is 2.36. The van der Waals surface area contributed by atoms with Gasteiger partial charge in [0.25, 0.3) is 0 Å². The van der Waals surface area contributed by atoms with Crippen LogP contribution in [0.1, 0.15) is 38.0 Å². The molecule has 2 aromatic carbocycles. The van der Waals surface area contributed by atoms with Gasteiger partial charge in [-0.25, -0.2) is 4.42 Å². The Labute approximate surface area is 142 Å². The minimum atomic E-state index is 0. The first-order valence-corrected chi connectivity index (χ1v) is 7.55. The van der Waals surface area contributed by atoms with E-state index < -0.39 is 0 Å². The maximum Gasteiger partial charge on any atom is 0.360 e. The summed E-state index contributed by atoms with van der Waals surface area (Å²) in [5.41, 5.74) is 6.03. The van der Waals surface area contributed by atoms with Crippen LogP contribution in [0.3, 0.4) is 0 Å². The highest BCUT2D eigenvalue weighted by Crippen LogP contribution is 2.27. The van der Waals surface area contributed by atoms with Crippen molar-refractivity contribution in [3.05, 3.63) is 65.2 Å². The van der Waals surface area contributed by atoms with Crippen LogP contribution in [0.15, 0.2) is 52.9 Å². The molecule has 0 saturated heterocycles. The van der Waals surface area contributed by atoms with Crippen LogP contribution in [-0.2, 0) is 0 Å². The van der Waals surface area contributed by atoms with Gasteiger partial charge < -0.3 is 0 Å². The second-order valence-corrected chi connectivity index (χ2v) is 5.07. The summed E-state index contributed by atoms with van der Waals surface area (Å²) in [5.74, 6) is 0.921. The van der Waals surface area contributed by atoms with Gasteiger partial charge in [0.1, 0.15) is 0 Å². The van der Waals surface area contributed by atoms with Gasteiger partial charge in [0.15, 0.2) is 0 Å². The minimum absolute atomic E-state index is 0. The van der Waals surface area contributed by atoms with E-state index in [-0.39, 0.29) is 15.8 Å². The maximum atomic E-state index is 6.00. The number of para-hydroxylation sites is 1. The third kappa shape index (κ3) is 4.45. The minimum Gasteiger partial charge on any atom is -0.207 e. The van der Waals surface area contributed by atoms with E-state index in [1.54, 1.807) is 0 Å². The van der Waals surface area contributed by atoms with Crippen LogP contribution in [0.5, 0.6) is 0 Å². The molecule has 0 fully saturated rings. The molecule has 0 aliphatic carbocycles. The van der Waals surface area contributed by atoms with Crippen molar-refractivity contribution in [3.63, 3.8) is 0 Å². The molecular formula is C21H31BO. The monoisotopic (exact) mass is 310 g/mol. The average molecular weight is 310 g/mol. The average Bonchev–Trinajstić information content (AvgIpc) is 2.53. The molecule has 0 amide bonds. The fourth-order valence-electron chi connectivity index (χ4n) is 2.36. The molecule has 1 aromatic heterocycles. The van der Waals surface area contributed by atoms with Crippen molar-refractivity contribution in [2.75, 3.05) is 0 Å². The molecule has 0 spiro atoms. The van der Waals surface area contributed by atoms with E-state index in [1.165, 1.54) is 16.7 Å². The smallest absolute Gasteiger partial charge is 0.207 e. The van der Waals surface area contributed by atoms with Crippen molar-refractivity contribution in [3.8, 4) is 11.3 Å². The van der Waals surface area contributed by atoms with E-state index in [1.807, 2.05) is 38.1 Å². The molecule has 3 aromatic rings. The molecule has 0 saturated carbocycles. The van der Waals surface area contributed by atoms with Crippen molar-refractivity contribution in [2.45, 2.75) is 42.0 Å². The topological polar surface area (TPSA) is 11.3 Å². The third-order valence-electron chi connectivity index (χ3n) is 3.76. The molecule has 1 nitrogen and oxygen atoms in total. The van der Waals surface area contributed by atoms with Crippen molar-refractivity contribution in [2.24, 2.45) is 0 Å². The summed E-state index contributed by atoms with van der Waals surface area (Å²) >= 11 is 0. The van der Waals surface area contributed by atoms with E-state index in [4.69, 9.17) is 4.42 Å². The second-order valence-electron chi connectivity index (χ2n) is 5.07. The van der Waals surface area contributed by atoms with E-state index in [0.29, 0.717) is 0 Å². The number of hydrogen-bond acceptors (Lipinski definition) is 0.